The number of amides is 3. The van der Waals surface area contributed by atoms with Crippen molar-refractivity contribution < 1.29 is 9.59 Å². The maximum Gasteiger partial charge on any atom is 0.321 e. The third-order valence-corrected chi connectivity index (χ3v) is 6.52. The van der Waals surface area contributed by atoms with E-state index in [-0.39, 0.29) is 18.0 Å². The van der Waals surface area contributed by atoms with E-state index in [0.717, 1.165) is 29.0 Å². The molecule has 2 aromatic heterocycles. The van der Waals surface area contributed by atoms with Gasteiger partial charge in [0.05, 0.1) is 5.69 Å². The highest BCUT2D eigenvalue weighted by Gasteiger charge is 2.36. The Kier molecular flexibility index (Phi) is 4.61. The van der Waals surface area contributed by atoms with Crippen molar-refractivity contribution in [2.75, 3.05) is 24.5 Å². The van der Waals surface area contributed by atoms with Crippen molar-refractivity contribution in [3.05, 3.63) is 95.4 Å². The standard InChI is InChI=1S/C26H23N5O2/c32-25(17-6-5-7-18(16-17)30-15-13-28-26(30)33)31-14-11-20-19-8-1-2-9-21(19)29-23(20)24(31)22-10-3-4-12-27-22/h1-10,12,16,24,29H,11,13-15H2,(H,28,33)/t24-/m1/s1. The number of para-hydroxylation sites is 1. The average Bonchev–Trinajstić information content (AvgIpc) is 3.47. The van der Waals surface area contributed by atoms with Crippen molar-refractivity contribution >= 4 is 28.5 Å². The highest BCUT2D eigenvalue weighted by molar-refractivity contribution is 5.99. The molecule has 2 aliphatic rings. The summed E-state index contributed by atoms with van der Waals surface area (Å²) < 4.78 is 0. The molecule has 0 radical (unpaired) electrons. The number of hydrogen-bond acceptors (Lipinski definition) is 3. The Bertz CT molecular complexity index is 1360. The van der Waals surface area contributed by atoms with E-state index < -0.39 is 0 Å². The van der Waals surface area contributed by atoms with E-state index in [4.69, 9.17) is 0 Å². The number of carbonyl (C=O) groups excluding carboxylic acids is 2. The zero-order valence-corrected chi connectivity index (χ0v) is 18.0. The van der Waals surface area contributed by atoms with Gasteiger partial charge in [-0.2, -0.15) is 0 Å². The summed E-state index contributed by atoms with van der Waals surface area (Å²) in [7, 11) is 0. The first-order valence-corrected chi connectivity index (χ1v) is 11.2. The second-order valence-electron chi connectivity index (χ2n) is 8.40. The third kappa shape index (κ3) is 3.24. The Labute approximate surface area is 191 Å². The predicted molar refractivity (Wildman–Crippen MR) is 126 cm³/mol. The molecule has 3 amide bonds. The fourth-order valence-electron chi connectivity index (χ4n) is 5.00. The van der Waals surface area contributed by atoms with Crippen LogP contribution in [0.1, 0.15) is 33.4 Å². The molecule has 33 heavy (non-hydrogen) atoms. The minimum Gasteiger partial charge on any atom is -0.356 e. The Balaban J connectivity index is 1.42. The predicted octanol–water partition coefficient (Wildman–Crippen LogP) is 3.88. The fourth-order valence-corrected chi connectivity index (χ4v) is 5.00. The molecule has 2 aromatic carbocycles. The molecule has 4 heterocycles. The van der Waals surface area contributed by atoms with Gasteiger partial charge in [-0.15, -0.1) is 0 Å². The van der Waals surface area contributed by atoms with Crippen molar-refractivity contribution in [3.63, 3.8) is 0 Å². The summed E-state index contributed by atoms with van der Waals surface area (Å²) in [6.07, 6.45) is 2.53. The van der Waals surface area contributed by atoms with Crippen LogP contribution in [0, 0.1) is 0 Å². The van der Waals surface area contributed by atoms with Gasteiger partial charge in [0.25, 0.3) is 5.91 Å². The number of carbonyl (C=O) groups is 2. The largest absolute Gasteiger partial charge is 0.356 e. The van der Waals surface area contributed by atoms with E-state index in [1.165, 1.54) is 10.9 Å². The molecule has 2 N–H and O–H groups in total. The van der Waals surface area contributed by atoms with Crippen LogP contribution in [-0.4, -0.2) is 46.4 Å². The van der Waals surface area contributed by atoms with Crippen LogP contribution in [0.15, 0.2) is 72.9 Å². The maximum atomic E-state index is 13.8. The third-order valence-electron chi connectivity index (χ3n) is 6.52. The number of nitrogens with zero attached hydrogens (tertiary/aromatic N) is 3. The molecule has 0 saturated carbocycles. The number of benzene rings is 2. The molecular formula is C26H23N5O2. The first kappa shape index (κ1) is 19.5. The van der Waals surface area contributed by atoms with E-state index in [2.05, 4.69) is 27.4 Å². The molecule has 6 rings (SSSR count). The summed E-state index contributed by atoms with van der Waals surface area (Å²) in [4.78, 5) is 37.7. The number of hydrogen-bond donors (Lipinski definition) is 2. The second kappa shape index (κ2) is 7.78. The highest BCUT2D eigenvalue weighted by atomic mass is 16.2. The summed E-state index contributed by atoms with van der Waals surface area (Å²) >= 11 is 0. The van der Waals surface area contributed by atoms with Gasteiger partial charge in [-0.1, -0.05) is 30.3 Å². The Hall–Kier alpha value is -4.13. The molecule has 1 fully saturated rings. The number of pyridine rings is 1. The molecule has 7 nitrogen and oxygen atoms in total. The lowest BCUT2D eigenvalue weighted by atomic mass is 9.94. The summed E-state index contributed by atoms with van der Waals surface area (Å²) in [5.41, 5.74) is 5.45. The zero-order chi connectivity index (χ0) is 22.4. The number of urea groups is 1. The number of aromatic amines is 1. The Morgan fingerprint density at radius 2 is 1.88 bits per heavy atom. The van der Waals surface area contributed by atoms with Crippen molar-refractivity contribution in [1.29, 1.82) is 0 Å². The second-order valence-corrected chi connectivity index (χ2v) is 8.40. The molecule has 4 aromatic rings. The van der Waals surface area contributed by atoms with Crippen LogP contribution >= 0.6 is 0 Å². The van der Waals surface area contributed by atoms with Gasteiger partial charge in [0.2, 0.25) is 0 Å². The smallest absolute Gasteiger partial charge is 0.321 e. The molecule has 2 aliphatic heterocycles. The van der Waals surface area contributed by atoms with Crippen molar-refractivity contribution in [2.45, 2.75) is 12.5 Å². The number of anilines is 1. The molecular weight excluding hydrogens is 414 g/mol. The van der Waals surface area contributed by atoms with E-state index in [1.54, 1.807) is 11.1 Å². The van der Waals surface area contributed by atoms with Crippen LogP contribution in [0.3, 0.4) is 0 Å². The normalized spacial score (nSPS) is 17.8. The number of rotatable bonds is 3. The van der Waals surface area contributed by atoms with Gasteiger partial charge in [0.1, 0.15) is 6.04 Å². The van der Waals surface area contributed by atoms with Gasteiger partial charge in [-0.05, 0) is 48.4 Å². The number of aromatic nitrogens is 2. The molecule has 7 heteroatoms. The van der Waals surface area contributed by atoms with Gasteiger partial charge in [-0.25, -0.2) is 4.79 Å². The topological polar surface area (TPSA) is 81.3 Å². The summed E-state index contributed by atoms with van der Waals surface area (Å²) in [5, 5.41) is 4.01. The summed E-state index contributed by atoms with van der Waals surface area (Å²) in [5.74, 6) is -0.0728. The van der Waals surface area contributed by atoms with Gasteiger partial charge in [0, 0.05) is 53.7 Å². The molecule has 164 valence electrons. The number of nitrogens with one attached hydrogen (secondary N) is 2. The van der Waals surface area contributed by atoms with Gasteiger partial charge in [0.15, 0.2) is 0 Å². The van der Waals surface area contributed by atoms with Crippen LogP contribution in [0.4, 0.5) is 10.5 Å². The van der Waals surface area contributed by atoms with Crippen molar-refractivity contribution in [1.82, 2.24) is 20.2 Å². The molecule has 0 spiro atoms. The maximum absolute atomic E-state index is 13.8. The van der Waals surface area contributed by atoms with Crippen molar-refractivity contribution in [3.8, 4) is 0 Å². The lowest BCUT2D eigenvalue weighted by Crippen LogP contribution is -2.41. The minimum atomic E-state index is -0.311. The van der Waals surface area contributed by atoms with Crippen molar-refractivity contribution in [2.24, 2.45) is 0 Å². The van der Waals surface area contributed by atoms with Crippen LogP contribution in [-0.2, 0) is 6.42 Å². The summed E-state index contributed by atoms with van der Waals surface area (Å²) in [6, 6.07) is 20.9. The summed E-state index contributed by atoms with van der Waals surface area (Å²) in [6.45, 7) is 1.78. The zero-order valence-electron chi connectivity index (χ0n) is 18.0. The molecule has 1 atom stereocenters. The SMILES string of the molecule is O=C1NCCN1c1cccc(C(=O)N2CCc3c([nH]c4ccccc34)[C@H]2c2ccccn2)c1. The monoisotopic (exact) mass is 437 g/mol. The van der Waals surface area contributed by atoms with E-state index in [9.17, 15) is 9.59 Å². The number of fused-ring (bicyclic) bond motifs is 3. The first-order chi connectivity index (χ1) is 16.2. The minimum absolute atomic E-state index is 0.0728. The van der Waals surface area contributed by atoms with Crippen LogP contribution in [0.2, 0.25) is 0 Å². The van der Waals surface area contributed by atoms with Gasteiger partial charge in [-0.3, -0.25) is 14.7 Å². The van der Waals surface area contributed by atoms with E-state index in [1.807, 2.05) is 59.5 Å². The highest BCUT2D eigenvalue weighted by Crippen LogP contribution is 2.38. The number of H-pyrrole nitrogens is 1. The van der Waals surface area contributed by atoms with Crippen LogP contribution in [0.25, 0.3) is 10.9 Å². The fraction of sp³-hybridized carbons (Fsp3) is 0.192. The molecule has 0 bridgehead atoms. The van der Waals surface area contributed by atoms with E-state index >= 15 is 0 Å². The lowest BCUT2D eigenvalue weighted by molar-refractivity contribution is 0.0688. The van der Waals surface area contributed by atoms with Crippen LogP contribution in [0.5, 0.6) is 0 Å². The molecule has 0 unspecified atom stereocenters. The van der Waals surface area contributed by atoms with Crippen LogP contribution < -0.4 is 10.2 Å². The molecule has 1 saturated heterocycles. The first-order valence-electron chi connectivity index (χ1n) is 11.2. The van der Waals surface area contributed by atoms with Gasteiger partial charge < -0.3 is 15.2 Å². The van der Waals surface area contributed by atoms with E-state index in [0.29, 0.717) is 25.2 Å². The average molecular weight is 438 g/mol. The quantitative estimate of drug-likeness (QED) is 0.510. The lowest BCUT2D eigenvalue weighted by Gasteiger charge is -2.35. The Morgan fingerprint density at radius 1 is 1.00 bits per heavy atom. The Morgan fingerprint density at radius 3 is 2.70 bits per heavy atom. The molecule has 0 aliphatic carbocycles. The van der Waals surface area contributed by atoms with Gasteiger partial charge >= 0.3 is 6.03 Å².